The Morgan fingerprint density at radius 3 is 2.71 bits per heavy atom. The second-order valence-corrected chi connectivity index (χ2v) is 8.71. The van der Waals surface area contributed by atoms with Crippen molar-refractivity contribution in [3.63, 3.8) is 0 Å². The van der Waals surface area contributed by atoms with Gasteiger partial charge in [0.15, 0.2) is 0 Å². The lowest BCUT2D eigenvalue weighted by Gasteiger charge is -2.25. The largest absolute Gasteiger partial charge is 0.492 e. The minimum atomic E-state index is -1.34. The van der Waals surface area contributed by atoms with E-state index in [-0.39, 0.29) is 5.92 Å². The Kier molecular flexibility index (Phi) is 5.33. The van der Waals surface area contributed by atoms with Crippen molar-refractivity contribution >= 4 is 22.6 Å². The van der Waals surface area contributed by atoms with E-state index in [4.69, 9.17) is 21.5 Å². The Morgan fingerprint density at radius 1 is 1.48 bits per heavy atom. The van der Waals surface area contributed by atoms with Crippen LogP contribution in [0.3, 0.4) is 0 Å². The molecule has 1 fully saturated rings. The molecule has 0 amide bonds. The fourth-order valence-electron chi connectivity index (χ4n) is 2.37. The van der Waals surface area contributed by atoms with E-state index in [1.165, 1.54) is 12.8 Å². The summed E-state index contributed by atoms with van der Waals surface area (Å²) in [5.74, 6) is 1.69. The topological polar surface area (TPSA) is 52.3 Å². The second-order valence-electron chi connectivity index (χ2n) is 6.61. The van der Waals surface area contributed by atoms with Crippen molar-refractivity contribution in [1.29, 1.82) is 0 Å². The molecule has 1 unspecified atom stereocenters. The van der Waals surface area contributed by atoms with Crippen LogP contribution in [0.1, 0.15) is 51.5 Å². The molecular weight excluding hydrogens is 306 g/mol. The van der Waals surface area contributed by atoms with Crippen LogP contribution in [0.15, 0.2) is 18.2 Å². The van der Waals surface area contributed by atoms with E-state index in [0.29, 0.717) is 10.9 Å². The van der Waals surface area contributed by atoms with Gasteiger partial charge in [0.2, 0.25) is 0 Å². The van der Waals surface area contributed by atoms with E-state index < -0.39 is 15.7 Å². The van der Waals surface area contributed by atoms with Gasteiger partial charge in [-0.3, -0.25) is 5.14 Å². The molecule has 1 saturated carbocycles. The first kappa shape index (κ1) is 16.8. The number of hydrogen-bond donors (Lipinski definition) is 1. The number of benzene rings is 1. The summed E-state index contributed by atoms with van der Waals surface area (Å²) in [5, 5.41) is 6.21. The molecule has 3 nitrogen and oxygen atoms in total. The number of nitrogens with two attached hydrogens (primary N) is 1. The van der Waals surface area contributed by atoms with Gasteiger partial charge in [-0.2, -0.15) is 0 Å². The fraction of sp³-hybridized carbons (Fsp3) is 0.625. The van der Waals surface area contributed by atoms with Crippen molar-refractivity contribution in [1.82, 2.24) is 0 Å². The van der Waals surface area contributed by atoms with E-state index >= 15 is 0 Å². The predicted molar refractivity (Wildman–Crippen MR) is 89.1 cm³/mol. The zero-order valence-corrected chi connectivity index (χ0v) is 14.5. The molecule has 2 rings (SSSR count). The van der Waals surface area contributed by atoms with Crippen molar-refractivity contribution in [2.75, 3.05) is 6.61 Å². The molecule has 2 N–H and O–H groups in total. The van der Waals surface area contributed by atoms with Gasteiger partial charge in [0, 0.05) is 0 Å². The third-order valence-electron chi connectivity index (χ3n) is 4.04. The van der Waals surface area contributed by atoms with Gasteiger partial charge in [-0.05, 0) is 62.6 Å². The van der Waals surface area contributed by atoms with Crippen LogP contribution in [0.5, 0.6) is 5.75 Å². The maximum absolute atomic E-state index is 11.6. The number of halogens is 1. The molecule has 0 heterocycles. The first-order valence-corrected chi connectivity index (χ1v) is 8.97. The molecule has 1 aromatic carbocycles. The van der Waals surface area contributed by atoms with Crippen molar-refractivity contribution in [3.8, 4) is 5.75 Å². The van der Waals surface area contributed by atoms with Crippen LogP contribution in [0.2, 0.25) is 5.02 Å². The lowest BCUT2D eigenvalue weighted by Crippen LogP contribution is -2.33. The SMILES string of the molecule is C[C@@H](CC(C)(C)S(N)=O)c1ccc(Cl)c(OCC2CC2)c1. The van der Waals surface area contributed by atoms with E-state index in [1.54, 1.807) is 0 Å². The maximum Gasteiger partial charge on any atom is 0.138 e. The lowest BCUT2D eigenvalue weighted by atomic mass is 9.91. The van der Waals surface area contributed by atoms with E-state index in [0.717, 1.165) is 24.3 Å². The quantitative estimate of drug-likeness (QED) is 0.821. The number of hydrogen-bond acceptors (Lipinski definition) is 2. The van der Waals surface area contributed by atoms with Crippen molar-refractivity contribution in [2.45, 2.75) is 50.7 Å². The Balaban J connectivity index is 2.07. The molecule has 0 radical (unpaired) electrons. The summed E-state index contributed by atoms with van der Waals surface area (Å²) in [4.78, 5) is 0. The third-order valence-corrected chi connectivity index (χ3v) is 5.61. The van der Waals surface area contributed by atoms with Gasteiger partial charge in [-0.1, -0.05) is 24.6 Å². The van der Waals surface area contributed by atoms with E-state index in [1.807, 2.05) is 32.0 Å². The first-order valence-electron chi connectivity index (χ1n) is 7.38. The van der Waals surface area contributed by atoms with Gasteiger partial charge < -0.3 is 4.74 Å². The van der Waals surface area contributed by atoms with Crippen LogP contribution >= 0.6 is 11.6 Å². The summed E-state index contributed by atoms with van der Waals surface area (Å²) in [5.41, 5.74) is 1.14. The number of ether oxygens (including phenoxy) is 1. The Bertz CT molecular complexity index is 529. The highest BCUT2D eigenvalue weighted by molar-refractivity contribution is 7.84. The van der Waals surface area contributed by atoms with Crippen molar-refractivity contribution in [3.05, 3.63) is 28.8 Å². The average molecular weight is 330 g/mol. The maximum atomic E-state index is 11.6. The van der Waals surface area contributed by atoms with Gasteiger partial charge in [-0.15, -0.1) is 0 Å². The highest BCUT2D eigenvalue weighted by Crippen LogP contribution is 2.35. The molecule has 5 heteroatoms. The molecule has 1 aliphatic rings. The van der Waals surface area contributed by atoms with E-state index in [9.17, 15) is 4.21 Å². The minimum absolute atomic E-state index is 0.244. The standard InChI is InChI=1S/C16H24ClNO2S/c1-11(9-16(2,3)21(18)19)13-6-7-14(17)15(8-13)20-10-12-4-5-12/h6-8,11-12H,4-5,9-10,18H2,1-3H3/t11-,21?/m0/s1. The highest BCUT2D eigenvalue weighted by Gasteiger charge is 2.27. The van der Waals surface area contributed by atoms with Crippen LogP contribution in [0, 0.1) is 5.92 Å². The molecule has 0 saturated heterocycles. The zero-order valence-electron chi connectivity index (χ0n) is 12.9. The molecule has 118 valence electrons. The molecule has 1 aromatic rings. The third kappa shape index (κ3) is 4.70. The zero-order chi connectivity index (χ0) is 15.6. The molecule has 0 aliphatic heterocycles. The van der Waals surface area contributed by atoms with Crippen LogP contribution in [0.4, 0.5) is 0 Å². The van der Waals surface area contributed by atoms with Crippen molar-refractivity contribution in [2.24, 2.45) is 11.1 Å². The number of rotatable bonds is 7. The fourth-order valence-corrected chi connectivity index (χ4v) is 2.95. The summed E-state index contributed by atoms with van der Waals surface area (Å²) in [7, 11) is -1.34. The van der Waals surface area contributed by atoms with Crippen LogP contribution in [-0.2, 0) is 11.0 Å². The van der Waals surface area contributed by atoms with Gasteiger partial charge in [-0.25, -0.2) is 4.21 Å². The second kappa shape index (κ2) is 6.67. The Hall–Kier alpha value is -0.580. The molecule has 0 bridgehead atoms. The van der Waals surface area contributed by atoms with Gasteiger partial charge >= 0.3 is 0 Å². The summed E-state index contributed by atoms with van der Waals surface area (Å²) in [6.45, 7) is 6.72. The van der Waals surface area contributed by atoms with Gasteiger partial charge in [0.25, 0.3) is 0 Å². The van der Waals surface area contributed by atoms with Gasteiger partial charge in [0.1, 0.15) is 5.75 Å². The minimum Gasteiger partial charge on any atom is -0.492 e. The van der Waals surface area contributed by atoms with Crippen LogP contribution in [0.25, 0.3) is 0 Å². The summed E-state index contributed by atoms with van der Waals surface area (Å²) < 4.78 is 17.0. The molecule has 1 aliphatic carbocycles. The molecular formula is C16H24ClNO2S. The van der Waals surface area contributed by atoms with Crippen LogP contribution in [-0.4, -0.2) is 15.6 Å². The van der Waals surface area contributed by atoms with Gasteiger partial charge in [0.05, 0.1) is 27.4 Å². The summed E-state index contributed by atoms with van der Waals surface area (Å²) in [6, 6.07) is 5.89. The monoisotopic (exact) mass is 329 g/mol. The molecule has 0 aromatic heterocycles. The molecule has 0 spiro atoms. The molecule has 2 atom stereocenters. The Labute approximate surface area is 134 Å². The van der Waals surface area contributed by atoms with Crippen molar-refractivity contribution < 1.29 is 8.95 Å². The van der Waals surface area contributed by atoms with E-state index in [2.05, 4.69) is 6.92 Å². The predicted octanol–water partition coefficient (Wildman–Crippen LogP) is 4.02. The normalized spacial score (nSPS) is 18.3. The summed E-state index contributed by atoms with van der Waals surface area (Å²) in [6.07, 6.45) is 3.26. The lowest BCUT2D eigenvalue weighted by molar-refractivity contribution is 0.299. The first-order chi connectivity index (χ1) is 9.79. The molecule has 21 heavy (non-hydrogen) atoms. The van der Waals surface area contributed by atoms with Crippen LogP contribution < -0.4 is 9.88 Å². The smallest absolute Gasteiger partial charge is 0.138 e. The highest BCUT2D eigenvalue weighted by atomic mass is 35.5. The average Bonchev–Trinajstić information content (AvgIpc) is 3.21. The Morgan fingerprint density at radius 2 is 2.14 bits per heavy atom. The summed E-state index contributed by atoms with van der Waals surface area (Å²) >= 11 is 6.19.